The highest BCUT2D eigenvalue weighted by atomic mass is 16.5. The fraction of sp³-hybridized carbons (Fsp3) is 0.947. The minimum absolute atomic E-state index is 0.0523. The van der Waals surface area contributed by atoms with Crippen LogP contribution < -0.4 is 0 Å². The zero-order valence-electron chi connectivity index (χ0n) is 15.4. The highest BCUT2D eigenvalue weighted by Crippen LogP contribution is 2.33. The highest BCUT2D eigenvalue weighted by molar-refractivity contribution is 5.91. The number of rotatable bonds is 13. The monoisotopic (exact) mass is 344 g/mol. The van der Waals surface area contributed by atoms with Crippen molar-refractivity contribution in [2.24, 2.45) is 0 Å². The first-order valence-corrected chi connectivity index (χ1v) is 9.63. The van der Waals surface area contributed by atoms with Crippen molar-refractivity contribution in [3.63, 3.8) is 0 Å². The Balaban J connectivity index is 2.15. The molecule has 4 atom stereocenters. The van der Waals surface area contributed by atoms with E-state index < -0.39 is 29.7 Å². The third kappa shape index (κ3) is 5.80. The zero-order chi connectivity index (χ0) is 18.0. The Morgan fingerprint density at radius 2 is 1.58 bits per heavy atom. The van der Waals surface area contributed by atoms with E-state index in [-0.39, 0.29) is 6.42 Å². The maximum Gasteiger partial charge on any atom is 0.177 e. The van der Waals surface area contributed by atoms with E-state index in [2.05, 4.69) is 6.92 Å². The molecule has 2 unspecified atom stereocenters. The maximum atomic E-state index is 11.9. The lowest BCUT2D eigenvalue weighted by Gasteiger charge is -2.31. The molecule has 0 aliphatic heterocycles. The number of unbranched alkanes of at least 4 members (excludes halogenated alkanes) is 9. The average Bonchev–Trinajstić information content (AvgIpc) is 2.81. The summed E-state index contributed by atoms with van der Waals surface area (Å²) in [5, 5.41) is 30.7. The summed E-state index contributed by atoms with van der Waals surface area (Å²) >= 11 is 0. The van der Waals surface area contributed by atoms with Gasteiger partial charge in [0.1, 0.15) is 6.10 Å². The van der Waals surface area contributed by atoms with Crippen LogP contribution in [0.2, 0.25) is 0 Å². The summed E-state index contributed by atoms with van der Waals surface area (Å²) in [7, 11) is 1.39. The number of hydrogen-bond acceptors (Lipinski definition) is 5. The van der Waals surface area contributed by atoms with Crippen LogP contribution in [0.4, 0.5) is 0 Å². The lowest BCUT2D eigenvalue weighted by atomic mass is 9.88. The predicted molar refractivity (Wildman–Crippen MR) is 93.8 cm³/mol. The quantitative estimate of drug-likeness (QED) is 0.447. The molecule has 0 radical (unpaired) electrons. The summed E-state index contributed by atoms with van der Waals surface area (Å²) in [5.41, 5.74) is -2.07. The lowest BCUT2D eigenvalue weighted by Crippen LogP contribution is -2.55. The molecule has 5 heteroatoms. The van der Waals surface area contributed by atoms with Crippen LogP contribution in [0.1, 0.15) is 84.0 Å². The van der Waals surface area contributed by atoms with Crippen LogP contribution in [0.3, 0.4) is 0 Å². The van der Waals surface area contributed by atoms with E-state index in [1.165, 1.54) is 52.1 Å². The zero-order valence-corrected chi connectivity index (χ0v) is 15.4. The van der Waals surface area contributed by atoms with Gasteiger partial charge >= 0.3 is 0 Å². The largest absolute Gasteiger partial charge is 0.390 e. The van der Waals surface area contributed by atoms with Gasteiger partial charge in [-0.2, -0.15) is 0 Å². The number of aliphatic hydroxyl groups is 3. The third-order valence-electron chi connectivity index (χ3n) is 5.28. The first kappa shape index (κ1) is 21.6. The molecule has 0 aromatic carbocycles. The molecule has 0 aromatic heterocycles. The van der Waals surface area contributed by atoms with Crippen molar-refractivity contribution in [3.05, 3.63) is 0 Å². The molecule has 3 N–H and O–H groups in total. The Bertz CT molecular complexity index is 360. The SMILES string of the molecule is CCCCCCCCCCCCC(O)[C@@]1(O)C(=O)CC(OC)[C@H]1O. The summed E-state index contributed by atoms with van der Waals surface area (Å²) in [6.07, 6.45) is 8.78. The van der Waals surface area contributed by atoms with E-state index in [1.54, 1.807) is 0 Å². The van der Waals surface area contributed by atoms with Crippen LogP contribution in [0.5, 0.6) is 0 Å². The number of Topliss-reactive ketones (excluding diaryl/α,β-unsaturated/α-hetero) is 1. The molecule has 1 rings (SSSR count). The van der Waals surface area contributed by atoms with Crippen LogP contribution in [-0.4, -0.2) is 52.1 Å². The molecule has 24 heavy (non-hydrogen) atoms. The van der Waals surface area contributed by atoms with Gasteiger partial charge < -0.3 is 20.1 Å². The standard InChI is InChI=1S/C19H36O5/c1-3-4-5-6-7-8-9-10-11-12-13-16(20)19(23)17(21)14-15(24-2)18(19)22/h15-16,18,20,22-23H,3-14H2,1-2H3/t15?,16?,18-,19-/m1/s1. The number of ether oxygens (including phenoxy) is 1. The van der Waals surface area contributed by atoms with Gasteiger partial charge in [-0.15, -0.1) is 0 Å². The molecule has 0 saturated heterocycles. The Labute approximate surface area is 146 Å². The Kier molecular flexibility index (Phi) is 10.0. The van der Waals surface area contributed by atoms with Gasteiger partial charge in [0.25, 0.3) is 0 Å². The first-order valence-electron chi connectivity index (χ1n) is 9.63. The number of aliphatic hydroxyl groups excluding tert-OH is 2. The van der Waals surface area contributed by atoms with Gasteiger partial charge in [-0.1, -0.05) is 71.1 Å². The van der Waals surface area contributed by atoms with Crippen molar-refractivity contribution in [1.29, 1.82) is 0 Å². The lowest BCUT2D eigenvalue weighted by molar-refractivity contribution is -0.168. The molecule has 142 valence electrons. The molecule has 0 bridgehead atoms. The smallest absolute Gasteiger partial charge is 0.177 e. The van der Waals surface area contributed by atoms with Crippen LogP contribution in [0.25, 0.3) is 0 Å². The molecular formula is C19H36O5. The third-order valence-corrected chi connectivity index (χ3v) is 5.28. The second kappa shape index (κ2) is 11.2. The molecule has 1 aliphatic carbocycles. The molecule has 0 heterocycles. The van der Waals surface area contributed by atoms with Crippen molar-refractivity contribution in [1.82, 2.24) is 0 Å². The van der Waals surface area contributed by atoms with E-state index in [1.807, 2.05) is 0 Å². The van der Waals surface area contributed by atoms with E-state index in [9.17, 15) is 20.1 Å². The minimum Gasteiger partial charge on any atom is -0.390 e. The van der Waals surface area contributed by atoms with E-state index in [0.29, 0.717) is 6.42 Å². The first-order chi connectivity index (χ1) is 11.5. The summed E-state index contributed by atoms with van der Waals surface area (Å²) in [5.74, 6) is -0.526. The van der Waals surface area contributed by atoms with E-state index in [0.717, 1.165) is 19.3 Å². The molecule has 5 nitrogen and oxygen atoms in total. The van der Waals surface area contributed by atoms with Crippen molar-refractivity contribution in [2.75, 3.05) is 7.11 Å². The van der Waals surface area contributed by atoms with Crippen molar-refractivity contribution >= 4 is 5.78 Å². The second-order valence-electron chi connectivity index (χ2n) is 7.16. The molecule has 0 amide bonds. The van der Waals surface area contributed by atoms with Crippen molar-refractivity contribution < 1.29 is 24.9 Å². The average molecular weight is 344 g/mol. The van der Waals surface area contributed by atoms with E-state index in [4.69, 9.17) is 4.74 Å². The van der Waals surface area contributed by atoms with Crippen LogP contribution in [0, 0.1) is 0 Å². The number of methoxy groups -OCH3 is 1. The highest BCUT2D eigenvalue weighted by Gasteiger charge is 2.57. The topological polar surface area (TPSA) is 87.0 Å². The minimum atomic E-state index is -2.07. The van der Waals surface area contributed by atoms with Gasteiger partial charge in [0.2, 0.25) is 0 Å². The van der Waals surface area contributed by atoms with Gasteiger partial charge in [-0.25, -0.2) is 0 Å². The molecule has 0 spiro atoms. The summed E-state index contributed by atoms with van der Waals surface area (Å²) in [6.45, 7) is 2.22. The van der Waals surface area contributed by atoms with E-state index >= 15 is 0 Å². The maximum absolute atomic E-state index is 11.9. The van der Waals surface area contributed by atoms with Crippen molar-refractivity contribution in [2.45, 2.75) is 108 Å². The van der Waals surface area contributed by atoms with Crippen LogP contribution in [0.15, 0.2) is 0 Å². The number of ketones is 1. The van der Waals surface area contributed by atoms with Gasteiger partial charge in [0, 0.05) is 13.5 Å². The number of carbonyl (C=O) groups excluding carboxylic acids is 1. The molecular weight excluding hydrogens is 308 g/mol. The summed E-state index contributed by atoms with van der Waals surface area (Å²) in [6, 6.07) is 0. The van der Waals surface area contributed by atoms with Gasteiger partial charge in [-0.3, -0.25) is 4.79 Å². The van der Waals surface area contributed by atoms with Gasteiger partial charge in [0.15, 0.2) is 11.4 Å². The second-order valence-corrected chi connectivity index (χ2v) is 7.16. The van der Waals surface area contributed by atoms with Gasteiger partial charge in [0.05, 0.1) is 12.2 Å². The summed E-state index contributed by atoms with van der Waals surface area (Å²) in [4.78, 5) is 11.9. The Morgan fingerprint density at radius 1 is 1.08 bits per heavy atom. The molecule has 1 aliphatic rings. The van der Waals surface area contributed by atoms with Gasteiger partial charge in [-0.05, 0) is 6.42 Å². The van der Waals surface area contributed by atoms with Crippen molar-refractivity contribution in [3.8, 4) is 0 Å². The molecule has 0 aromatic rings. The van der Waals surface area contributed by atoms with Crippen LogP contribution in [-0.2, 0) is 9.53 Å². The molecule has 1 fully saturated rings. The fourth-order valence-electron chi connectivity index (χ4n) is 3.55. The Morgan fingerprint density at radius 3 is 2.04 bits per heavy atom. The normalized spacial score (nSPS) is 28.5. The van der Waals surface area contributed by atoms with Crippen LogP contribution >= 0.6 is 0 Å². The Hall–Kier alpha value is -0.490. The molecule has 1 saturated carbocycles. The predicted octanol–water partition coefficient (Wildman–Crippen LogP) is 2.74. The fourth-order valence-corrected chi connectivity index (χ4v) is 3.55. The number of carbonyl (C=O) groups is 1. The number of hydrogen-bond donors (Lipinski definition) is 3. The summed E-state index contributed by atoms with van der Waals surface area (Å²) < 4.78 is 5.00.